The van der Waals surface area contributed by atoms with Crippen LogP contribution in [0.3, 0.4) is 0 Å². The van der Waals surface area contributed by atoms with Crippen LogP contribution in [0.1, 0.15) is 38.3 Å². The third-order valence-corrected chi connectivity index (χ3v) is 3.49. The zero-order chi connectivity index (χ0) is 15.0. The Hall–Kier alpha value is -1.06. The summed E-state index contributed by atoms with van der Waals surface area (Å²) in [7, 11) is 1.76. The second-order valence-corrected chi connectivity index (χ2v) is 5.58. The van der Waals surface area contributed by atoms with Gasteiger partial charge < -0.3 is 15.0 Å². The number of benzene rings is 1. The molecule has 1 aromatic rings. The highest BCUT2D eigenvalue weighted by Gasteiger charge is 2.12. The SMILES string of the molecule is CCCNCc1ccc(N(CCOC)C(C)C)c(C)c1. The summed E-state index contributed by atoms with van der Waals surface area (Å²) < 4.78 is 5.22. The zero-order valence-corrected chi connectivity index (χ0v) is 13.7. The average molecular weight is 278 g/mol. The fraction of sp³-hybridized carbons (Fsp3) is 0.647. The Morgan fingerprint density at radius 1 is 1.30 bits per heavy atom. The maximum atomic E-state index is 5.22. The average Bonchev–Trinajstić information content (AvgIpc) is 2.41. The van der Waals surface area contributed by atoms with Crippen LogP contribution in [0.4, 0.5) is 5.69 Å². The quantitative estimate of drug-likeness (QED) is 0.701. The number of nitrogens with zero attached hydrogens (tertiary/aromatic N) is 1. The highest BCUT2D eigenvalue weighted by Crippen LogP contribution is 2.23. The lowest BCUT2D eigenvalue weighted by Crippen LogP contribution is -2.34. The summed E-state index contributed by atoms with van der Waals surface area (Å²) in [6.45, 7) is 12.6. The van der Waals surface area contributed by atoms with Gasteiger partial charge in [-0.3, -0.25) is 0 Å². The number of anilines is 1. The van der Waals surface area contributed by atoms with Gasteiger partial charge in [-0.05, 0) is 50.9 Å². The number of nitrogens with one attached hydrogen (secondary N) is 1. The molecule has 0 aliphatic heterocycles. The van der Waals surface area contributed by atoms with Crippen LogP contribution in [0, 0.1) is 6.92 Å². The predicted octanol–water partition coefficient (Wildman–Crippen LogP) is 3.36. The van der Waals surface area contributed by atoms with Crippen molar-refractivity contribution in [1.82, 2.24) is 5.32 Å². The van der Waals surface area contributed by atoms with Crippen LogP contribution in [0.2, 0.25) is 0 Å². The maximum Gasteiger partial charge on any atom is 0.0637 e. The van der Waals surface area contributed by atoms with Gasteiger partial charge in [-0.25, -0.2) is 0 Å². The fourth-order valence-electron chi connectivity index (χ4n) is 2.41. The molecule has 20 heavy (non-hydrogen) atoms. The fourth-order valence-corrected chi connectivity index (χ4v) is 2.41. The number of hydrogen-bond donors (Lipinski definition) is 1. The molecular weight excluding hydrogens is 248 g/mol. The molecule has 0 unspecified atom stereocenters. The van der Waals surface area contributed by atoms with E-state index in [2.05, 4.69) is 56.1 Å². The number of rotatable bonds is 9. The van der Waals surface area contributed by atoms with Crippen molar-refractivity contribution in [3.05, 3.63) is 29.3 Å². The predicted molar refractivity (Wildman–Crippen MR) is 87.5 cm³/mol. The molecule has 0 saturated carbocycles. The van der Waals surface area contributed by atoms with E-state index in [1.54, 1.807) is 7.11 Å². The van der Waals surface area contributed by atoms with Crippen molar-refractivity contribution in [1.29, 1.82) is 0 Å². The van der Waals surface area contributed by atoms with Crippen LogP contribution in [-0.4, -0.2) is 32.8 Å². The molecule has 3 heteroatoms. The molecule has 0 fully saturated rings. The molecule has 0 spiro atoms. The van der Waals surface area contributed by atoms with Crippen molar-refractivity contribution < 1.29 is 4.74 Å². The molecule has 0 atom stereocenters. The summed E-state index contributed by atoms with van der Waals surface area (Å²) in [5.74, 6) is 0. The summed E-state index contributed by atoms with van der Waals surface area (Å²) in [4.78, 5) is 2.40. The van der Waals surface area contributed by atoms with Crippen LogP contribution >= 0.6 is 0 Å². The molecule has 0 saturated heterocycles. The summed E-state index contributed by atoms with van der Waals surface area (Å²) >= 11 is 0. The molecule has 0 bridgehead atoms. The van der Waals surface area contributed by atoms with Crippen molar-refractivity contribution >= 4 is 5.69 Å². The largest absolute Gasteiger partial charge is 0.383 e. The van der Waals surface area contributed by atoms with Gasteiger partial charge in [-0.1, -0.05) is 19.1 Å². The van der Waals surface area contributed by atoms with Crippen molar-refractivity contribution in [3.63, 3.8) is 0 Å². The molecule has 0 aromatic heterocycles. The smallest absolute Gasteiger partial charge is 0.0637 e. The number of aryl methyl sites for hydroxylation is 1. The summed E-state index contributed by atoms with van der Waals surface area (Å²) in [5, 5.41) is 3.45. The third kappa shape index (κ3) is 5.14. The van der Waals surface area contributed by atoms with Crippen molar-refractivity contribution in [2.75, 3.05) is 31.7 Å². The Morgan fingerprint density at radius 3 is 2.60 bits per heavy atom. The Balaban J connectivity index is 2.78. The summed E-state index contributed by atoms with van der Waals surface area (Å²) in [6, 6.07) is 7.24. The van der Waals surface area contributed by atoms with Gasteiger partial charge in [0.25, 0.3) is 0 Å². The normalized spacial score (nSPS) is 11.1. The Morgan fingerprint density at radius 2 is 2.05 bits per heavy atom. The molecule has 0 amide bonds. The van der Waals surface area contributed by atoms with Gasteiger partial charge in [0, 0.05) is 31.9 Å². The lowest BCUT2D eigenvalue weighted by molar-refractivity contribution is 0.204. The molecule has 3 nitrogen and oxygen atoms in total. The van der Waals surface area contributed by atoms with Gasteiger partial charge in [0.15, 0.2) is 0 Å². The first-order chi connectivity index (χ1) is 9.60. The van der Waals surface area contributed by atoms with E-state index in [1.165, 1.54) is 23.2 Å². The minimum Gasteiger partial charge on any atom is -0.383 e. The first kappa shape index (κ1) is 17.0. The van der Waals surface area contributed by atoms with Crippen LogP contribution in [0.15, 0.2) is 18.2 Å². The van der Waals surface area contributed by atoms with Gasteiger partial charge in [-0.2, -0.15) is 0 Å². The van der Waals surface area contributed by atoms with Crippen LogP contribution < -0.4 is 10.2 Å². The Bertz CT molecular complexity index is 391. The molecule has 1 N–H and O–H groups in total. The van der Waals surface area contributed by atoms with Gasteiger partial charge in [-0.15, -0.1) is 0 Å². The van der Waals surface area contributed by atoms with E-state index in [9.17, 15) is 0 Å². The molecule has 114 valence electrons. The molecule has 1 rings (SSSR count). The van der Waals surface area contributed by atoms with E-state index in [0.717, 1.165) is 26.2 Å². The molecule has 1 aromatic carbocycles. The Kier molecular flexibility index (Phi) is 7.63. The lowest BCUT2D eigenvalue weighted by Gasteiger charge is -2.30. The highest BCUT2D eigenvalue weighted by molar-refractivity contribution is 5.55. The second kappa shape index (κ2) is 8.98. The second-order valence-electron chi connectivity index (χ2n) is 5.58. The van der Waals surface area contributed by atoms with Gasteiger partial charge in [0.1, 0.15) is 0 Å². The molecule has 0 aliphatic rings. The van der Waals surface area contributed by atoms with Gasteiger partial charge >= 0.3 is 0 Å². The van der Waals surface area contributed by atoms with E-state index in [1.807, 2.05) is 0 Å². The molecule has 0 aliphatic carbocycles. The van der Waals surface area contributed by atoms with Gasteiger partial charge in [0.2, 0.25) is 0 Å². The molecule has 0 radical (unpaired) electrons. The number of hydrogen-bond acceptors (Lipinski definition) is 3. The van der Waals surface area contributed by atoms with Gasteiger partial charge in [0.05, 0.1) is 6.61 Å². The van der Waals surface area contributed by atoms with E-state index in [0.29, 0.717) is 6.04 Å². The van der Waals surface area contributed by atoms with Crippen molar-refractivity contribution in [2.24, 2.45) is 0 Å². The van der Waals surface area contributed by atoms with Crippen LogP contribution in [0.5, 0.6) is 0 Å². The maximum absolute atomic E-state index is 5.22. The monoisotopic (exact) mass is 278 g/mol. The topological polar surface area (TPSA) is 24.5 Å². The first-order valence-corrected chi connectivity index (χ1v) is 7.66. The van der Waals surface area contributed by atoms with E-state index >= 15 is 0 Å². The zero-order valence-electron chi connectivity index (χ0n) is 13.7. The minimum atomic E-state index is 0.480. The van der Waals surface area contributed by atoms with E-state index in [-0.39, 0.29) is 0 Å². The molecule has 0 heterocycles. The minimum absolute atomic E-state index is 0.480. The summed E-state index contributed by atoms with van der Waals surface area (Å²) in [6.07, 6.45) is 1.18. The third-order valence-electron chi connectivity index (χ3n) is 3.49. The van der Waals surface area contributed by atoms with E-state index in [4.69, 9.17) is 4.74 Å². The standard InChI is InChI=1S/C17H30N2O/c1-6-9-18-13-16-7-8-17(15(4)12-16)19(14(2)3)10-11-20-5/h7-8,12,14,18H,6,9-11,13H2,1-5H3. The Labute approximate surface area is 124 Å². The van der Waals surface area contributed by atoms with Crippen LogP contribution in [0.25, 0.3) is 0 Å². The highest BCUT2D eigenvalue weighted by atomic mass is 16.5. The number of ether oxygens (including phenoxy) is 1. The number of methoxy groups -OCH3 is 1. The van der Waals surface area contributed by atoms with Crippen molar-refractivity contribution in [3.8, 4) is 0 Å². The first-order valence-electron chi connectivity index (χ1n) is 7.66. The lowest BCUT2D eigenvalue weighted by atomic mass is 10.1. The van der Waals surface area contributed by atoms with Crippen LogP contribution in [-0.2, 0) is 11.3 Å². The van der Waals surface area contributed by atoms with Crippen molar-refractivity contribution in [2.45, 2.75) is 46.7 Å². The summed E-state index contributed by atoms with van der Waals surface area (Å²) in [5.41, 5.74) is 4.01. The molecular formula is C17H30N2O. The van der Waals surface area contributed by atoms with E-state index < -0.39 is 0 Å².